The van der Waals surface area contributed by atoms with Gasteiger partial charge in [-0.05, 0) is 0 Å². The van der Waals surface area contributed by atoms with Gasteiger partial charge in [0.05, 0.1) is 0 Å². The molecule has 4 aliphatic carbocycles. The molecule has 0 aromatic carbocycles. The van der Waals surface area contributed by atoms with Gasteiger partial charge in [-0.15, -0.1) is 0 Å². The summed E-state index contributed by atoms with van der Waals surface area (Å²) in [4.78, 5) is 11.3. The molecular weight excluding hydrogens is 578 g/mol. The molecule has 2 nitrogen and oxygen atoms in total. The van der Waals surface area contributed by atoms with Gasteiger partial charge in [0.25, 0.3) is 0 Å². The molecule has 228 valence electrons. The summed E-state index contributed by atoms with van der Waals surface area (Å²) in [7, 11) is 5.27. The molecule has 10 unspecified atom stereocenters. The first-order valence-electron chi connectivity index (χ1n) is 18.7. The van der Waals surface area contributed by atoms with E-state index in [2.05, 4.69) is 40.6 Å². The number of hydrogen-bond acceptors (Lipinski definition) is 2. The van der Waals surface area contributed by atoms with Crippen LogP contribution in [0.2, 0.25) is 47.2 Å². The van der Waals surface area contributed by atoms with E-state index in [0.29, 0.717) is 10.3 Å². The van der Waals surface area contributed by atoms with Gasteiger partial charge in [0.2, 0.25) is 0 Å². The second-order valence-electron chi connectivity index (χ2n) is 22.8. The van der Waals surface area contributed by atoms with Crippen molar-refractivity contribution in [3.63, 3.8) is 0 Å². The third kappa shape index (κ3) is 0.667. The molecule has 10 atom stereocenters. The molecule has 0 radical (unpaired) electrons. The average molecular weight is 635 g/mol. The topological polar surface area (TPSA) is 24.1 Å². The molecule has 16 fully saturated rings. The summed E-state index contributed by atoms with van der Waals surface area (Å²) in [6.45, 7) is 6.95. The Kier molecular flexibility index (Phi) is 2.03. The molecule has 12 saturated heterocycles. The summed E-state index contributed by atoms with van der Waals surface area (Å²) in [6, 6.07) is 1.59. The van der Waals surface area contributed by atoms with E-state index in [1.165, 1.54) is 104 Å². The Morgan fingerprint density at radius 1 is 0.732 bits per heavy atom. The van der Waals surface area contributed by atoms with Crippen molar-refractivity contribution in [2.45, 2.75) is 173 Å². The predicted molar refractivity (Wildman–Crippen MR) is 172 cm³/mol. The molecule has 2 N–H and O–H groups in total. The van der Waals surface area contributed by atoms with Crippen molar-refractivity contribution in [1.82, 2.24) is 10.6 Å². The summed E-state index contributed by atoms with van der Waals surface area (Å²) < 4.78 is 1.85. The molecule has 0 amide bonds. The molecule has 0 aromatic heterocycles. The zero-order valence-electron chi connectivity index (χ0n) is 25.9. The summed E-state index contributed by atoms with van der Waals surface area (Å²) in [6.07, 6.45) is 18.8. The van der Waals surface area contributed by atoms with E-state index in [4.69, 9.17) is 0 Å². The fourth-order valence-corrected chi connectivity index (χ4v) is 114. The first-order chi connectivity index (χ1) is 19.5. The van der Waals surface area contributed by atoms with Crippen LogP contribution in [0.1, 0.15) is 97.8 Å². The van der Waals surface area contributed by atoms with Gasteiger partial charge >= 0.3 is 244 Å². The van der Waals surface area contributed by atoms with Crippen LogP contribution in [-0.4, -0.2) is 41.1 Å². The Hall–Kier alpha value is 1.30. The summed E-state index contributed by atoms with van der Waals surface area (Å²) >= 11 is 0. The maximum absolute atomic E-state index is 4.39. The van der Waals surface area contributed by atoms with Gasteiger partial charge in [0.15, 0.2) is 0 Å². The second-order valence-corrected chi connectivity index (χ2v) is 49.4. The molecule has 5 heteroatoms. The first-order valence-corrected chi connectivity index (χ1v) is 26.6. The van der Waals surface area contributed by atoms with Crippen LogP contribution in [0.15, 0.2) is 0 Å². The standard InChI is InChI=1S/C31H51N2P2.C5H5.Fe/c1-29(2,3)35-28(30-18-21-15-22(19-30)17-23(16-21)20-30)24-9-8-10-25(24)31(34,26-11-4-6-13-32-26)27-12-5-7-14-33-27;1-2-4-5-3-1;/h8-10,21-23,26-28,32-33,35H,4-7,11-20,34H2,1-3H3;1-5H;. The number of rotatable bonds is 6. The van der Waals surface area contributed by atoms with E-state index < -0.39 is 6.51 Å². The zero-order chi connectivity index (χ0) is 26.9. The Bertz CT molecular complexity index is 1680. The van der Waals surface area contributed by atoms with Crippen LogP contribution in [-0.2, 0) is 6.51 Å². The van der Waals surface area contributed by atoms with Crippen molar-refractivity contribution in [3.8, 4) is 0 Å². The van der Waals surface area contributed by atoms with Crippen LogP contribution in [0.5, 0.6) is 0 Å². The van der Waals surface area contributed by atoms with E-state index in [1.807, 2.05) is 0 Å². The minimum atomic E-state index is -3.78. The number of hydrogen-bond donors (Lipinski definition) is 2. The fraction of sp³-hybridized carbons (Fsp3) is 1.00. The van der Waals surface area contributed by atoms with Crippen molar-refractivity contribution >= 4 is 17.8 Å². The predicted octanol–water partition coefficient (Wildman–Crippen LogP) is 9.08. The van der Waals surface area contributed by atoms with E-state index in [1.54, 1.807) is 38.5 Å². The van der Waals surface area contributed by atoms with Gasteiger partial charge in [-0.1, -0.05) is 0 Å². The summed E-state index contributed by atoms with van der Waals surface area (Å²) in [5.74, 6) is 3.37. The van der Waals surface area contributed by atoms with Crippen LogP contribution < -0.4 is 10.6 Å². The number of nitrogens with one attached hydrogen (secondary N) is 2. The van der Waals surface area contributed by atoms with E-state index in [9.17, 15) is 0 Å². The third-order valence-electron chi connectivity index (χ3n) is 25.1. The second kappa shape index (κ2) is 3.66. The van der Waals surface area contributed by atoms with Gasteiger partial charge in [-0.2, -0.15) is 0 Å². The average Bonchev–Trinajstić information content (AvgIpc) is 3.89. The van der Waals surface area contributed by atoms with Gasteiger partial charge in [0, 0.05) is 0 Å². The number of fused-ring (bicyclic) bond motifs is 10. The van der Waals surface area contributed by atoms with Crippen LogP contribution in [0.25, 0.3) is 0 Å². The fourth-order valence-electron chi connectivity index (χ4n) is 27.8. The summed E-state index contributed by atoms with van der Waals surface area (Å²) in [5.41, 5.74) is 1.94. The molecule has 12 heterocycles. The quantitative estimate of drug-likeness (QED) is 0.225. The van der Waals surface area contributed by atoms with Gasteiger partial charge in [-0.25, -0.2) is 0 Å². The van der Waals surface area contributed by atoms with E-state index in [0.717, 1.165) is 43.9 Å². The SMILES string of the molecule is CC(C)(C)PC(C12CC3CC(CC(C3)C1)C2)[C]12[CH]3[CH]4[CH]5[C]1(C(P)(C1CCCCN1)C1CCCCN1)[Fe]43521678[CH]2[CH]1[CH]6[CH]7[CH]28. The van der Waals surface area contributed by atoms with Crippen molar-refractivity contribution in [2.75, 3.05) is 13.1 Å². The monoisotopic (exact) mass is 634 g/mol. The molecule has 12 aliphatic heterocycles. The molecule has 16 rings (SSSR count). The molecule has 4 bridgehead atoms. The first kappa shape index (κ1) is 22.8. The molecule has 4 saturated carbocycles. The van der Waals surface area contributed by atoms with Crippen LogP contribution in [0.4, 0.5) is 0 Å². The molecule has 16 aliphatic rings. The van der Waals surface area contributed by atoms with Crippen LogP contribution in [0.3, 0.4) is 0 Å². The molecule has 41 heavy (non-hydrogen) atoms. The van der Waals surface area contributed by atoms with Crippen molar-refractivity contribution in [1.29, 1.82) is 0 Å². The van der Waals surface area contributed by atoms with Gasteiger partial charge in [0.1, 0.15) is 0 Å². The van der Waals surface area contributed by atoms with E-state index >= 15 is 0 Å². The molecule has 1 spiro atoms. The summed E-state index contributed by atoms with van der Waals surface area (Å²) in [5, 5.41) is 9.79. The third-order valence-corrected chi connectivity index (χ3v) is 72.4. The molecular formula is C36H56FeN2P2. The minimum absolute atomic E-state index is 0.487. The van der Waals surface area contributed by atoms with Gasteiger partial charge in [-0.3, -0.25) is 0 Å². The molecule has 0 aromatic rings. The van der Waals surface area contributed by atoms with E-state index in [-0.39, 0.29) is 0 Å². The van der Waals surface area contributed by atoms with Crippen molar-refractivity contribution < 1.29 is 6.51 Å². The van der Waals surface area contributed by atoms with Crippen molar-refractivity contribution in [3.05, 3.63) is 0 Å². The maximum atomic E-state index is 4.39. The Labute approximate surface area is 243 Å². The Morgan fingerprint density at radius 3 is 1.63 bits per heavy atom. The normalized spacial score (nSPS) is 82.9. The van der Waals surface area contributed by atoms with Crippen molar-refractivity contribution in [2.24, 2.45) is 23.2 Å². The van der Waals surface area contributed by atoms with Crippen LogP contribution >= 0.6 is 17.8 Å². The number of piperidine rings is 2. The van der Waals surface area contributed by atoms with Gasteiger partial charge < -0.3 is 0 Å². The van der Waals surface area contributed by atoms with Crippen LogP contribution in [0, 0.1) is 23.2 Å². The Morgan fingerprint density at radius 2 is 1.24 bits per heavy atom. The Balaban J connectivity index is 1.03. The zero-order valence-corrected chi connectivity index (χ0v) is 29.2.